The van der Waals surface area contributed by atoms with Crippen LogP contribution >= 0.6 is 0 Å². The van der Waals surface area contributed by atoms with Crippen molar-refractivity contribution < 1.29 is 9.47 Å². The lowest BCUT2D eigenvalue weighted by Gasteiger charge is -2.45. The molecule has 0 unspecified atom stereocenters. The minimum atomic E-state index is 0.377. The fourth-order valence-electron chi connectivity index (χ4n) is 2.23. The Morgan fingerprint density at radius 1 is 0.923 bits per heavy atom. The van der Waals surface area contributed by atoms with Gasteiger partial charge in [-0.1, -0.05) is 0 Å². The van der Waals surface area contributed by atoms with Crippen molar-refractivity contribution in [2.45, 2.75) is 25.3 Å². The van der Waals surface area contributed by atoms with E-state index < -0.39 is 0 Å². The van der Waals surface area contributed by atoms with Crippen molar-refractivity contribution in [1.29, 1.82) is 0 Å². The summed E-state index contributed by atoms with van der Waals surface area (Å²) in [5.41, 5.74) is 0.377. The van der Waals surface area contributed by atoms with E-state index in [0.717, 1.165) is 39.5 Å². The van der Waals surface area contributed by atoms with Crippen LogP contribution in [0.1, 0.15) is 19.8 Å². The molecule has 3 heteroatoms. The average Bonchev–Trinajstić information content (AvgIpc) is 2.20. The Labute approximate surface area is 80.0 Å². The molecule has 2 heterocycles. The highest BCUT2D eigenvalue weighted by atomic mass is 16.5. The molecule has 0 aliphatic carbocycles. The molecule has 0 amide bonds. The highest BCUT2D eigenvalue weighted by Gasteiger charge is 2.34. The minimum absolute atomic E-state index is 0.377. The van der Waals surface area contributed by atoms with Gasteiger partial charge in [-0.3, -0.25) is 4.90 Å². The molecule has 0 N–H and O–H groups in total. The summed E-state index contributed by atoms with van der Waals surface area (Å²) in [4.78, 5) is 2.57. The van der Waals surface area contributed by atoms with Gasteiger partial charge in [-0.25, -0.2) is 0 Å². The van der Waals surface area contributed by atoms with Crippen molar-refractivity contribution in [2.75, 3.05) is 39.5 Å². The lowest BCUT2D eigenvalue weighted by Crippen LogP contribution is -2.54. The first-order chi connectivity index (χ1) is 6.31. The maximum absolute atomic E-state index is 5.40. The second kappa shape index (κ2) is 3.95. The van der Waals surface area contributed by atoms with Gasteiger partial charge >= 0.3 is 0 Å². The third-order valence-electron chi connectivity index (χ3n) is 3.34. The largest absolute Gasteiger partial charge is 0.381 e. The van der Waals surface area contributed by atoms with Crippen molar-refractivity contribution in [2.24, 2.45) is 0 Å². The van der Waals surface area contributed by atoms with E-state index in [-0.39, 0.29) is 0 Å². The van der Waals surface area contributed by atoms with Gasteiger partial charge in [-0.2, -0.15) is 0 Å². The van der Waals surface area contributed by atoms with Crippen LogP contribution in [0.15, 0.2) is 0 Å². The van der Waals surface area contributed by atoms with Crippen LogP contribution in [-0.4, -0.2) is 50.0 Å². The van der Waals surface area contributed by atoms with Crippen LogP contribution in [0, 0.1) is 0 Å². The van der Waals surface area contributed by atoms with Gasteiger partial charge in [0, 0.05) is 31.8 Å². The van der Waals surface area contributed by atoms with Gasteiger partial charge in [0.1, 0.15) is 0 Å². The Morgan fingerprint density at radius 3 is 2.08 bits per heavy atom. The first kappa shape index (κ1) is 9.44. The monoisotopic (exact) mass is 185 g/mol. The smallest absolute Gasteiger partial charge is 0.0594 e. The van der Waals surface area contributed by atoms with Gasteiger partial charge in [-0.05, 0) is 19.8 Å². The highest BCUT2D eigenvalue weighted by molar-refractivity contribution is 4.89. The molecule has 2 rings (SSSR count). The lowest BCUT2D eigenvalue weighted by molar-refractivity contribution is -0.0629. The summed E-state index contributed by atoms with van der Waals surface area (Å²) in [5.74, 6) is 0. The maximum Gasteiger partial charge on any atom is 0.0594 e. The Balaban J connectivity index is 1.94. The fraction of sp³-hybridized carbons (Fsp3) is 1.00. The lowest BCUT2D eigenvalue weighted by atomic mass is 9.90. The van der Waals surface area contributed by atoms with Crippen molar-refractivity contribution in [3.05, 3.63) is 0 Å². The minimum Gasteiger partial charge on any atom is -0.381 e. The number of nitrogens with zero attached hydrogens (tertiary/aromatic N) is 1. The van der Waals surface area contributed by atoms with Gasteiger partial charge in [0.2, 0.25) is 0 Å². The molecule has 0 aromatic rings. The topological polar surface area (TPSA) is 21.7 Å². The van der Waals surface area contributed by atoms with Gasteiger partial charge < -0.3 is 9.47 Å². The van der Waals surface area contributed by atoms with E-state index in [1.165, 1.54) is 12.8 Å². The third kappa shape index (κ3) is 2.03. The van der Waals surface area contributed by atoms with E-state index in [4.69, 9.17) is 9.47 Å². The van der Waals surface area contributed by atoms with Gasteiger partial charge in [0.15, 0.2) is 0 Å². The number of hydrogen-bond acceptors (Lipinski definition) is 3. The van der Waals surface area contributed by atoms with E-state index in [9.17, 15) is 0 Å². The molecule has 0 bridgehead atoms. The maximum atomic E-state index is 5.40. The van der Waals surface area contributed by atoms with Crippen LogP contribution < -0.4 is 0 Å². The van der Waals surface area contributed by atoms with E-state index in [1.807, 2.05) is 0 Å². The number of morpholine rings is 1. The molecule has 0 aromatic carbocycles. The van der Waals surface area contributed by atoms with Crippen LogP contribution in [0.4, 0.5) is 0 Å². The highest BCUT2D eigenvalue weighted by Crippen LogP contribution is 2.27. The van der Waals surface area contributed by atoms with Gasteiger partial charge in [0.05, 0.1) is 13.2 Å². The predicted molar refractivity (Wildman–Crippen MR) is 50.9 cm³/mol. The summed E-state index contributed by atoms with van der Waals surface area (Å²) in [6.45, 7) is 8.20. The Morgan fingerprint density at radius 2 is 1.46 bits per heavy atom. The molecule has 0 saturated carbocycles. The van der Waals surface area contributed by atoms with Crippen molar-refractivity contribution >= 4 is 0 Å². The van der Waals surface area contributed by atoms with Crippen molar-refractivity contribution in [3.63, 3.8) is 0 Å². The van der Waals surface area contributed by atoms with Crippen LogP contribution in [0.25, 0.3) is 0 Å². The number of ether oxygens (including phenoxy) is 2. The van der Waals surface area contributed by atoms with Crippen molar-refractivity contribution in [3.8, 4) is 0 Å². The Hall–Kier alpha value is -0.120. The zero-order valence-corrected chi connectivity index (χ0v) is 8.42. The Kier molecular flexibility index (Phi) is 2.86. The summed E-state index contributed by atoms with van der Waals surface area (Å²) in [6.07, 6.45) is 2.35. The van der Waals surface area contributed by atoms with E-state index >= 15 is 0 Å². The number of hydrogen-bond donors (Lipinski definition) is 0. The standard InChI is InChI=1S/C10H19NO2/c1-10(2-6-12-7-3-10)11-4-8-13-9-5-11/h2-9H2,1H3. The molecule has 2 aliphatic rings. The molecule has 0 spiro atoms. The molecular weight excluding hydrogens is 166 g/mol. The zero-order valence-electron chi connectivity index (χ0n) is 8.42. The molecule has 3 nitrogen and oxygen atoms in total. The molecule has 0 aromatic heterocycles. The number of rotatable bonds is 1. The normalized spacial score (nSPS) is 30.2. The summed E-state index contributed by atoms with van der Waals surface area (Å²) >= 11 is 0. The summed E-state index contributed by atoms with van der Waals surface area (Å²) in [5, 5.41) is 0. The molecule has 2 saturated heterocycles. The van der Waals surface area contributed by atoms with Gasteiger partial charge in [0.25, 0.3) is 0 Å². The van der Waals surface area contributed by atoms with Crippen LogP contribution in [0.3, 0.4) is 0 Å². The fourth-order valence-corrected chi connectivity index (χ4v) is 2.23. The van der Waals surface area contributed by atoms with Crippen molar-refractivity contribution in [1.82, 2.24) is 4.90 Å². The quantitative estimate of drug-likeness (QED) is 0.605. The van der Waals surface area contributed by atoms with Crippen LogP contribution in [0.2, 0.25) is 0 Å². The summed E-state index contributed by atoms with van der Waals surface area (Å²) in [7, 11) is 0. The predicted octanol–water partition coefficient (Wildman–Crippen LogP) is 0.888. The zero-order chi connectivity index (χ0) is 9.15. The first-order valence-corrected chi connectivity index (χ1v) is 5.22. The summed E-state index contributed by atoms with van der Waals surface area (Å²) < 4.78 is 10.8. The van der Waals surface area contributed by atoms with Gasteiger partial charge in [-0.15, -0.1) is 0 Å². The molecule has 76 valence electrons. The van der Waals surface area contributed by atoms with Crippen LogP contribution in [-0.2, 0) is 9.47 Å². The SMILES string of the molecule is CC1(N2CCOCC2)CCOCC1. The summed E-state index contributed by atoms with van der Waals surface area (Å²) in [6, 6.07) is 0. The second-order valence-electron chi connectivity index (χ2n) is 4.21. The van der Waals surface area contributed by atoms with E-state index in [1.54, 1.807) is 0 Å². The molecule has 2 fully saturated rings. The molecule has 13 heavy (non-hydrogen) atoms. The van der Waals surface area contributed by atoms with E-state index in [0.29, 0.717) is 5.54 Å². The van der Waals surface area contributed by atoms with Crippen LogP contribution in [0.5, 0.6) is 0 Å². The first-order valence-electron chi connectivity index (χ1n) is 5.22. The average molecular weight is 185 g/mol. The third-order valence-corrected chi connectivity index (χ3v) is 3.34. The Bertz CT molecular complexity index is 160. The molecule has 0 radical (unpaired) electrons. The molecule has 0 atom stereocenters. The molecular formula is C10H19NO2. The van der Waals surface area contributed by atoms with E-state index in [2.05, 4.69) is 11.8 Å². The second-order valence-corrected chi connectivity index (χ2v) is 4.21. The molecule has 2 aliphatic heterocycles.